The highest BCUT2D eigenvalue weighted by Gasteiger charge is 2.20. The molecule has 1 aromatic carbocycles. The van der Waals surface area contributed by atoms with Gasteiger partial charge in [0.15, 0.2) is 0 Å². The molecular formula is C20H24ClN5O. The first kappa shape index (κ1) is 19.2. The third kappa shape index (κ3) is 4.39. The third-order valence-electron chi connectivity index (χ3n) is 4.44. The maximum atomic E-state index is 12.7. The molecule has 1 N–H and O–H groups in total. The van der Waals surface area contributed by atoms with E-state index in [4.69, 9.17) is 11.6 Å². The molecule has 0 spiro atoms. The maximum Gasteiger partial charge on any atom is 0.254 e. The fourth-order valence-corrected chi connectivity index (χ4v) is 3.27. The topological polar surface area (TPSA) is 64.7 Å². The van der Waals surface area contributed by atoms with Gasteiger partial charge in [-0.15, -0.1) is 0 Å². The van der Waals surface area contributed by atoms with Crippen LogP contribution < -0.4 is 5.32 Å². The second kappa shape index (κ2) is 8.39. The first-order valence-electron chi connectivity index (χ1n) is 9.07. The molecule has 0 fully saturated rings. The molecule has 0 aliphatic rings. The Labute approximate surface area is 164 Å². The number of nitrogens with zero attached hydrogens (tertiary/aromatic N) is 4. The van der Waals surface area contributed by atoms with Gasteiger partial charge in [-0.2, -0.15) is 5.10 Å². The highest BCUT2D eigenvalue weighted by atomic mass is 35.5. The van der Waals surface area contributed by atoms with Crippen molar-refractivity contribution in [2.24, 2.45) is 0 Å². The van der Waals surface area contributed by atoms with Gasteiger partial charge in [-0.25, -0.2) is 9.67 Å². The van der Waals surface area contributed by atoms with Crippen LogP contribution in [0.15, 0.2) is 42.9 Å². The lowest BCUT2D eigenvalue weighted by molar-refractivity contribution is 0.0951. The second-order valence-electron chi connectivity index (χ2n) is 6.77. The Bertz CT molecular complexity index is 928. The van der Waals surface area contributed by atoms with E-state index in [1.165, 1.54) is 0 Å². The molecular weight excluding hydrogens is 362 g/mol. The van der Waals surface area contributed by atoms with Crippen molar-refractivity contribution < 1.29 is 4.79 Å². The molecule has 0 aliphatic heterocycles. The monoisotopic (exact) mass is 385 g/mol. The largest absolute Gasteiger partial charge is 0.352 e. The Hall–Kier alpha value is -2.60. The molecule has 0 saturated heterocycles. The molecule has 0 atom stereocenters. The fourth-order valence-electron chi connectivity index (χ4n) is 3.09. The van der Waals surface area contributed by atoms with Crippen molar-refractivity contribution in [1.82, 2.24) is 24.6 Å². The summed E-state index contributed by atoms with van der Waals surface area (Å²) in [4.78, 5) is 16.9. The lowest BCUT2D eigenvalue weighted by Gasteiger charge is -2.13. The van der Waals surface area contributed by atoms with Crippen LogP contribution in [-0.2, 0) is 6.54 Å². The summed E-state index contributed by atoms with van der Waals surface area (Å²) in [7, 11) is 0. The van der Waals surface area contributed by atoms with Crippen LogP contribution in [0, 0.1) is 6.92 Å². The van der Waals surface area contributed by atoms with Gasteiger partial charge in [-0.1, -0.05) is 31.5 Å². The van der Waals surface area contributed by atoms with Crippen LogP contribution in [0.3, 0.4) is 0 Å². The van der Waals surface area contributed by atoms with E-state index in [1.807, 2.05) is 37.4 Å². The molecule has 2 aromatic heterocycles. The Morgan fingerprint density at radius 3 is 2.81 bits per heavy atom. The summed E-state index contributed by atoms with van der Waals surface area (Å²) in [6.07, 6.45) is 6.20. The van der Waals surface area contributed by atoms with E-state index in [-0.39, 0.29) is 11.8 Å². The quantitative estimate of drug-likeness (QED) is 0.626. The zero-order valence-corrected chi connectivity index (χ0v) is 16.6. The zero-order chi connectivity index (χ0) is 19.4. The number of amides is 1. The number of carbonyl (C=O) groups is 1. The van der Waals surface area contributed by atoms with Gasteiger partial charge in [0.1, 0.15) is 5.82 Å². The van der Waals surface area contributed by atoms with Crippen LogP contribution in [0.4, 0.5) is 0 Å². The lowest BCUT2D eigenvalue weighted by atomic mass is 10.0. The minimum absolute atomic E-state index is 0.102. The molecule has 3 rings (SSSR count). The van der Waals surface area contributed by atoms with Crippen LogP contribution in [0.2, 0.25) is 5.02 Å². The molecule has 0 saturated carbocycles. The summed E-state index contributed by atoms with van der Waals surface area (Å²) in [5, 5.41) is 8.07. The molecule has 2 heterocycles. The predicted octanol–water partition coefficient (Wildman–Crippen LogP) is 3.97. The first-order chi connectivity index (χ1) is 13.0. The smallest absolute Gasteiger partial charge is 0.254 e. The molecule has 3 aromatic rings. The second-order valence-corrected chi connectivity index (χ2v) is 7.20. The van der Waals surface area contributed by atoms with Gasteiger partial charge in [-0.05, 0) is 37.5 Å². The van der Waals surface area contributed by atoms with Gasteiger partial charge in [0.05, 0.1) is 23.1 Å². The van der Waals surface area contributed by atoms with Gasteiger partial charge in [-0.3, -0.25) is 4.79 Å². The number of carbonyl (C=O) groups excluding carboxylic acids is 1. The highest BCUT2D eigenvalue weighted by molar-refractivity contribution is 6.30. The number of benzene rings is 1. The van der Waals surface area contributed by atoms with E-state index in [0.29, 0.717) is 17.1 Å². The highest BCUT2D eigenvalue weighted by Crippen LogP contribution is 2.24. The maximum absolute atomic E-state index is 12.7. The van der Waals surface area contributed by atoms with Gasteiger partial charge >= 0.3 is 0 Å². The molecule has 6 nitrogen and oxygen atoms in total. The van der Waals surface area contributed by atoms with Crippen molar-refractivity contribution in [3.8, 4) is 5.69 Å². The van der Waals surface area contributed by atoms with Gasteiger partial charge < -0.3 is 9.88 Å². The summed E-state index contributed by atoms with van der Waals surface area (Å²) in [5.74, 6) is 1.02. The van der Waals surface area contributed by atoms with Crippen molar-refractivity contribution >= 4 is 17.5 Å². The predicted molar refractivity (Wildman–Crippen MR) is 107 cm³/mol. The molecule has 0 bridgehead atoms. The van der Waals surface area contributed by atoms with Crippen molar-refractivity contribution in [1.29, 1.82) is 0 Å². The van der Waals surface area contributed by atoms with E-state index in [9.17, 15) is 4.79 Å². The zero-order valence-electron chi connectivity index (χ0n) is 15.8. The number of rotatable bonds is 7. The van der Waals surface area contributed by atoms with Crippen molar-refractivity contribution in [3.63, 3.8) is 0 Å². The number of nitrogens with one attached hydrogen (secondary N) is 1. The molecule has 0 radical (unpaired) electrons. The van der Waals surface area contributed by atoms with Crippen LogP contribution in [0.5, 0.6) is 0 Å². The van der Waals surface area contributed by atoms with Gasteiger partial charge in [0.2, 0.25) is 0 Å². The summed E-state index contributed by atoms with van der Waals surface area (Å²) < 4.78 is 3.86. The van der Waals surface area contributed by atoms with Gasteiger partial charge in [0, 0.05) is 30.5 Å². The normalized spacial score (nSPS) is 11.1. The summed E-state index contributed by atoms with van der Waals surface area (Å²) in [5.41, 5.74) is 2.32. The SMILES string of the molecule is Cc1nccn1CCCNC(=O)c1cnn(-c2cccc(Cl)c2)c1C(C)C. The van der Waals surface area contributed by atoms with Crippen LogP contribution in [0.25, 0.3) is 5.69 Å². The Kier molecular flexibility index (Phi) is 5.96. The fraction of sp³-hybridized carbons (Fsp3) is 0.350. The number of aromatic nitrogens is 4. The number of aryl methyl sites for hydroxylation is 2. The summed E-state index contributed by atoms with van der Waals surface area (Å²) in [6, 6.07) is 7.47. The average molecular weight is 386 g/mol. The van der Waals surface area contributed by atoms with Crippen molar-refractivity contribution in [2.75, 3.05) is 6.54 Å². The molecule has 27 heavy (non-hydrogen) atoms. The van der Waals surface area contributed by atoms with Crippen molar-refractivity contribution in [3.05, 3.63) is 65.0 Å². The average Bonchev–Trinajstić information content (AvgIpc) is 3.25. The minimum Gasteiger partial charge on any atom is -0.352 e. The van der Waals surface area contributed by atoms with Crippen LogP contribution >= 0.6 is 11.6 Å². The van der Waals surface area contributed by atoms with Crippen LogP contribution in [-0.4, -0.2) is 31.8 Å². The van der Waals surface area contributed by atoms with E-state index >= 15 is 0 Å². The summed E-state index contributed by atoms with van der Waals surface area (Å²) >= 11 is 6.11. The van der Waals surface area contributed by atoms with Crippen LogP contribution in [0.1, 0.15) is 48.1 Å². The van der Waals surface area contributed by atoms with E-state index < -0.39 is 0 Å². The molecule has 0 unspecified atom stereocenters. The number of hydrogen-bond donors (Lipinski definition) is 1. The third-order valence-corrected chi connectivity index (χ3v) is 4.67. The van der Waals surface area contributed by atoms with Crippen molar-refractivity contribution in [2.45, 2.75) is 39.7 Å². The lowest BCUT2D eigenvalue weighted by Crippen LogP contribution is -2.26. The molecule has 7 heteroatoms. The number of hydrogen-bond acceptors (Lipinski definition) is 3. The van der Waals surface area contributed by atoms with E-state index in [0.717, 1.165) is 30.2 Å². The van der Waals surface area contributed by atoms with E-state index in [2.05, 4.69) is 33.8 Å². The first-order valence-corrected chi connectivity index (χ1v) is 9.45. The standard InChI is InChI=1S/C20H24ClN5O/c1-14(2)19-18(13-24-26(19)17-7-4-6-16(21)12-17)20(27)23-8-5-10-25-11-9-22-15(25)3/h4,6-7,9,11-14H,5,8,10H2,1-3H3,(H,23,27). The summed E-state index contributed by atoms with van der Waals surface area (Å²) in [6.45, 7) is 7.49. The Morgan fingerprint density at radius 1 is 1.33 bits per heavy atom. The number of imidazole rings is 1. The van der Waals surface area contributed by atoms with E-state index in [1.54, 1.807) is 17.1 Å². The molecule has 1 amide bonds. The minimum atomic E-state index is -0.102. The van der Waals surface area contributed by atoms with Gasteiger partial charge in [0.25, 0.3) is 5.91 Å². The molecule has 0 aliphatic carbocycles. The number of halogens is 1. The Balaban J connectivity index is 1.70. The Morgan fingerprint density at radius 2 is 2.15 bits per heavy atom. The molecule has 142 valence electrons.